The summed E-state index contributed by atoms with van der Waals surface area (Å²) in [6.45, 7) is 4.76. The summed E-state index contributed by atoms with van der Waals surface area (Å²) in [7, 11) is -3.49. The molecule has 28 heavy (non-hydrogen) atoms. The van der Waals surface area contributed by atoms with Crippen LogP contribution in [0.15, 0.2) is 29.2 Å². The minimum absolute atomic E-state index is 0.135. The van der Waals surface area contributed by atoms with E-state index in [1.54, 1.807) is 24.3 Å². The van der Waals surface area contributed by atoms with Crippen LogP contribution in [0.1, 0.15) is 56.9 Å². The molecule has 156 valence electrons. The summed E-state index contributed by atoms with van der Waals surface area (Å²) >= 11 is 0. The third-order valence-electron chi connectivity index (χ3n) is 6.08. The number of sulfonamides is 1. The highest BCUT2D eigenvalue weighted by atomic mass is 32.2. The van der Waals surface area contributed by atoms with E-state index in [-0.39, 0.29) is 16.3 Å². The van der Waals surface area contributed by atoms with Crippen LogP contribution in [-0.2, 0) is 14.8 Å². The lowest BCUT2D eigenvalue weighted by molar-refractivity contribution is -0.135. The van der Waals surface area contributed by atoms with Crippen LogP contribution in [0.3, 0.4) is 0 Å². The van der Waals surface area contributed by atoms with Gasteiger partial charge in [0.05, 0.1) is 4.90 Å². The van der Waals surface area contributed by atoms with Crippen molar-refractivity contribution in [1.82, 2.24) is 14.9 Å². The van der Waals surface area contributed by atoms with Crippen LogP contribution in [0.5, 0.6) is 0 Å². The maximum absolute atomic E-state index is 13.0. The highest BCUT2D eigenvalue weighted by Gasteiger charge is 2.45. The van der Waals surface area contributed by atoms with Crippen LogP contribution in [0, 0.1) is 6.92 Å². The van der Waals surface area contributed by atoms with Crippen LogP contribution in [0.25, 0.3) is 0 Å². The smallest absolute Gasteiger partial charge is 0.240 e. The molecule has 3 rings (SSSR count). The summed E-state index contributed by atoms with van der Waals surface area (Å²) in [5.41, 5.74) is 0.687. The summed E-state index contributed by atoms with van der Waals surface area (Å²) in [6, 6.07) is 6.80. The van der Waals surface area contributed by atoms with Gasteiger partial charge >= 0.3 is 0 Å². The Morgan fingerprint density at radius 1 is 1.00 bits per heavy atom. The molecule has 0 aromatic heterocycles. The zero-order valence-electron chi connectivity index (χ0n) is 16.9. The first kappa shape index (κ1) is 21.3. The second-order valence-electron chi connectivity index (χ2n) is 8.11. The predicted molar refractivity (Wildman–Crippen MR) is 111 cm³/mol. The number of carbonyl (C=O) groups excluding carboxylic acids is 1. The second kappa shape index (κ2) is 9.37. The monoisotopic (exact) mass is 407 g/mol. The first-order valence-corrected chi connectivity index (χ1v) is 12.0. The van der Waals surface area contributed by atoms with Crippen molar-refractivity contribution in [2.45, 2.75) is 68.7 Å². The molecule has 1 aromatic rings. The van der Waals surface area contributed by atoms with E-state index in [0.29, 0.717) is 19.5 Å². The van der Waals surface area contributed by atoms with Gasteiger partial charge in [0.25, 0.3) is 0 Å². The number of aryl methyl sites for hydroxylation is 1. The molecule has 1 aliphatic heterocycles. The summed E-state index contributed by atoms with van der Waals surface area (Å²) in [4.78, 5) is 15.7. The molecule has 0 unspecified atom stereocenters. The minimum Gasteiger partial charge on any atom is -0.354 e. The topological polar surface area (TPSA) is 78.5 Å². The van der Waals surface area contributed by atoms with Crippen LogP contribution in [-0.4, -0.2) is 50.9 Å². The fourth-order valence-corrected chi connectivity index (χ4v) is 5.50. The molecule has 0 atom stereocenters. The van der Waals surface area contributed by atoms with Crippen LogP contribution in [0.2, 0.25) is 0 Å². The number of hydrogen-bond acceptors (Lipinski definition) is 4. The van der Waals surface area contributed by atoms with E-state index in [1.807, 2.05) is 6.92 Å². The summed E-state index contributed by atoms with van der Waals surface area (Å²) < 4.78 is 27.2. The first-order valence-electron chi connectivity index (χ1n) is 10.5. The molecular formula is C21H33N3O3S. The number of amides is 1. The Kier molecular flexibility index (Phi) is 7.12. The number of hydrogen-bond donors (Lipinski definition) is 2. The van der Waals surface area contributed by atoms with Gasteiger partial charge in [-0.15, -0.1) is 0 Å². The van der Waals surface area contributed by atoms with Gasteiger partial charge < -0.3 is 5.32 Å². The Labute approximate surface area is 169 Å². The summed E-state index contributed by atoms with van der Waals surface area (Å²) in [6.07, 6.45) is 8.25. The Hall–Kier alpha value is -1.44. The van der Waals surface area contributed by atoms with Gasteiger partial charge in [-0.05, 0) is 64.3 Å². The molecule has 1 aromatic carbocycles. The normalized spacial score (nSPS) is 20.2. The van der Waals surface area contributed by atoms with Crippen molar-refractivity contribution >= 4 is 15.9 Å². The first-order chi connectivity index (χ1) is 13.4. The molecule has 0 bridgehead atoms. The van der Waals surface area contributed by atoms with Crippen molar-refractivity contribution in [3.05, 3.63) is 29.8 Å². The van der Waals surface area contributed by atoms with Gasteiger partial charge in [-0.3, -0.25) is 9.69 Å². The molecule has 0 spiro atoms. The molecule has 0 radical (unpaired) electrons. The lowest BCUT2D eigenvalue weighted by Crippen LogP contribution is -2.59. The van der Waals surface area contributed by atoms with Crippen molar-refractivity contribution in [1.29, 1.82) is 0 Å². The van der Waals surface area contributed by atoms with Gasteiger partial charge in [0.2, 0.25) is 15.9 Å². The van der Waals surface area contributed by atoms with Crippen LogP contribution < -0.4 is 10.0 Å². The van der Waals surface area contributed by atoms with Crippen molar-refractivity contribution < 1.29 is 13.2 Å². The minimum atomic E-state index is -3.49. The van der Waals surface area contributed by atoms with Gasteiger partial charge in [-0.25, -0.2) is 13.1 Å². The number of nitrogens with one attached hydrogen (secondary N) is 2. The molecule has 1 heterocycles. The number of likely N-dealkylation sites (tertiary alicyclic amines) is 1. The van der Waals surface area contributed by atoms with Crippen molar-refractivity contribution in [3.8, 4) is 0 Å². The van der Waals surface area contributed by atoms with E-state index in [9.17, 15) is 13.2 Å². The van der Waals surface area contributed by atoms with E-state index in [1.165, 1.54) is 19.3 Å². The van der Waals surface area contributed by atoms with E-state index < -0.39 is 10.0 Å². The number of rotatable bonds is 8. The van der Waals surface area contributed by atoms with Crippen LogP contribution >= 0.6 is 0 Å². The highest BCUT2D eigenvalue weighted by molar-refractivity contribution is 7.89. The van der Waals surface area contributed by atoms with Crippen molar-refractivity contribution in [2.75, 3.05) is 26.2 Å². The Morgan fingerprint density at radius 2 is 1.64 bits per heavy atom. The molecule has 6 nitrogen and oxygen atoms in total. The zero-order chi connectivity index (χ0) is 20.0. The van der Waals surface area contributed by atoms with Gasteiger partial charge in [-0.2, -0.15) is 0 Å². The van der Waals surface area contributed by atoms with Crippen molar-refractivity contribution in [3.63, 3.8) is 0 Å². The molecule has 1 saturated heterocycles. The Morgan fingerprint density at radius 3 is 2.29 bits per heavy atom. The fraction of sp³-hybridized carbons (Fsp3) is 0.667. The summed E-state index contributed by atoms with van der Waals surface area (Å²) in [5.74, 6) is 0.135. The van der Waals surface area contributed by atoms with E-state index >= 15 is 0 Å². The van der Waals surface area contributed by atoms with Gasteiger partial charge in [-0.1, -0.05) is 37.0 Å². The largest absolute Gasteiger partial charge is 0.354 e. The van der Waals surface area contributed by atoms with E-state index in [0.717, 1.165) is 44.3 Å². The van der Waals surface area contributed by atoms with Gasteiger partial charge in [0, 0.05) is 13.1 Å². The lowest BCUT2D eigenvalue weighted by Gasteiger charge is -2.43. The Balaban J connectivity index is 1.47. The molecule has 2 fully saturated rings. The van der Waals surface area contributed by atoms with E-state index in [2.05, 4.69) is 14.9 Å². The van der Waals surface area contributed by atoms with Gasteiger partial charge in [0.1, 0.15) is 5.54 Å². The van der Waals surface area contributed by atoms with Gasteiger partial charge in [0.15, 0.2) is 0 Å². The average Bonchev–Trinajstić information content (AvgIpc) is 3.24. The predicted octanol–water partition coefficient (Wildman–Crippen LogP) is 2.58. The molecule has 7 heteroatoms. The fourth-order valence-electron chi connectivity index (χ4n) is 4.43. The third kappa shape index (κ3) is 4.93. The molecule has 2 N–H and O–H groups in total. The zero-order valence-corrected chi connectivity index (χ0v) is 17.7. The quantitative estimate of drug-likeness (QED) is 0.649. The highest BCUT2D eigenvalue weighted by Crippen LogP contribution is 2.36. The molecular weight excluding hydrogens is 374 g/mol. The lowest BCUT2D eigenvalue weighted by atomic mass is 9.79. The molecule has 1 saturated carbocycles. The average molecular weight is 408 g/mol. The standard InChI is InChI=1S/C21H33N3O3S/c1-18-8-10-19(11-9-18)28(26,27)23-15-7-14-22-20(25)21(12-3-2-4-13-21)24-16-5-6-17-24/h8-11,23H,2-7,12-17H2,1H3,(H,22,25). The van der Waals surface area contributed by atoms with Crippen LogP contribution in [0.4, 0.5) is 0 Å². The molecule has 1 aliphatic carbocycles. The third-order valence-corrected chi connectivity index (χ3v) is 7.55. The SMILES string of the molecule is Cc1ccc(S(=O)(=O)NCCCNC(=O)C2(N3CCCC3)CCCCC2)cc1. The number of carbonyl (C=O) groups is 1. The molecule has 2 aliphatic rings. The van der Waals surface area contributed by atoms with E-state index in [4.69, 9.17) is 0 Å². The maximum Gasteiger partial charge on any atom is 0.240 e. The maximum atomic E-state index is 13.0. The number of nitrogens with zero attached hydrogens (tertiary/aromatic N) is 1. The second-order valence-corrected chi connectivity index (χ2v) is 9.87. The summed E-state index contributed by atoms with van der Waals surface area (Å²) in [5, 5.41) is 3.09. The van der Waals surface area contributed by atoms with Crippen molar-refractivity contribution in [2.24, 2.45) is 0 Å². The Bertz CT molecular complexity index is 750. The number of benzene rings is 1. The molecule has 1 amide bonds.